The molecule has 0 aliphatic heterocycles. The van der Waals surface area contributed by atoms with E-state index < -0.39 is 21.2 Å². The molecule has 1 aromatic carbocycles. The summed E-state index contributed by atoms with van der Waals surface area (Å²) in [6.45, 7) is 3.59. The van der Waals surface area contributed by atoms with Crippen LogP contribution in [0.1, 0.15) is 20.3 Å². The van der Waals surface area contributed by atoms with Crippen LogP contribution in [0, 0.1) is 26.1 Å². The first kappa shape index (κ1) is 16.2. The van der Waals surface area contributed by atoms with Crippen molar-refractivity contribution in [1.29, 1.82) is 0 Å². The fourth-order valence-corrected chi connectivity index (χ4v) is 1.37. The minimum absolute atomic E-state index is 0.0289. The van der Waals surface area contributed by atoms with E-state index in [0.29, 0.717) is 6.42 Å². The second-order valence-corrected chi connectivity index (χ2v) is 4.30. The van der Waals surface area contributed by atoms with E-state index in [4.69, 9.17) is 0 Å². The molecule has 1 unspecified atom stereocenters. The van der Waals surface area contributed by atoms with Crippen LogP contribution in [0.15, 0.2) is 23.3 Å². The zero-order valence-corrected chi connectivity index (χ0v) is 11.5. The SMILES string of the molecule is CCC(C)C(=O)C=NNc1ccc([N+](=O)[O-])cc1[N+](=O)[O-]. The molecule has 1 atom stereocenters. The summed E-state index contributed by atoms with van der Waals surface area (Å²) >= 11 is 0. The molecular weight excluding hydrogens is 280 g/mol. The lowest BCUT2D eigenvalue weighted by atomic mass is 10.1. The van der Waals surface area contributed by atoms with Crippen molar-refractivity contribution in [2.45, 2.75) is 20.3 Å². The van der Waals surface area contributed by atoms with Gasteiger partial charge in [-0.15, -0.1) is 0 Å². The van der Waals surface area contributed by atoms with Crippen molar-refractivity contribution < 1.29 is 14.6 Å². The highest BCUT2D eigenvalue weighted by Crippen LogP contribution is 2.28. The van der Waals surface area contributed by atoms with Crippen molar-refractivity contribution in [2.75, 3.05) is 5.43 Å². The zero-order valence-electron chi connectivity index (χ0n) is 11.5. The van der Waals surface area contributed by atoms with Crippen LogP contribution in [0.3, 0.4) is 0 Å². The zero-order chi connectivity index (χ0) is 16.0. The molecule has 0 aliphatic carbocycles. The molecular formula is C12H14N4O5. The Bertz CT molecular complexity index is 599. The molecule has 0 saturated heterocycles. The standard InChI is InChI=1S/C12H14N4O5/c1-3-8(2)12(17)7-13-14-10-5-4-9(15(18)19)6-11(10)16(20)21/h4-8,14H,3H2,1-2H3. The first-order valence-electron chi connectivity index (χ1n) is 6.12. The number of rotatable bonds is 7. The summed E-state index contributed by atoms with van der Waals surface area (Å²) in [5.74, 6) is -0.406. The molecule has 0 radical (unpaired) electrons. The number of hydrogen-bond donors (Lipinski definition) is 1. The van der Waals surface area contributed by atoms with Crippen LogP contribution in [0.2, 0.25) is 0 Å². The van der Waals surface area contributed by atoms with Gasteiger partial charge in [-0.25, -0.2) is 0 Å². The third-order valence-electron chi connectivity index (χ3n) is 2.86. The molecule has 1 rings (SSSR count). The van der Waals surface area contributed by atoms with E-state index in [9.17, 15) is 25.0 Å². The molecule has 9 nitrogen and oxygen atoms in total. The van der Waals surface area contributed by atoms with E-state index in [1.54, 1.807) is 6.92 Å². The number of carbonyl (C=O) groups is 1. The molecule has 0 aliphatic rings. The van der Waals surface area contributed by atoms with Crippen LogP contribution >= 0.6 is 0 Å². The predicted octanol–water partition coefficient (Wildman–Crippen LogP) is 2.52. The Morgan fingerprint density at radius 3 is 2.57 bits per heavy atom. The number of hydrazone groups is 1. The second kappa shape index (κ2) is 7.08. The highest BCUT2D eigenvalue weighted by Gasteiger charge is 2.19. The van der Waals surface area contributed by atoms with Gasteiger partial charge < -0.3 is 0 Å². The van der Waals surface area contributed by atoms with Crippen molar-refractivity contribution in [3.05, 3.63) is 38.4 Å². The van der Waals surface area contributed by atoms with E-state index in [2.05, 4.69) is 10.5 Å². The van der Waals surface area contributed by atoms with Crippen molar-refractivity contribution in [3.63, 3.8) is 0 Å². The van der Waals surface area contributed by atoms with Gasteiger partial charge in [-0.2, -0.15) is 5.10 Å². The average molecular weight is 294 g/mol. The fourth-order valence-electron chi connectivity index (χ4n) is 1.37. The van der Waals surface area contributed by atoms with Crippen LogP contribution in [0.5, 0.6) is 0 Å². The Morgan fingerprint density at radius 2 is 2.05 bits per heavy atom. The lowest BCUT2D eigenvalue weighted by Gasteiger charge is -2.03. The van der Waals surface area contributed by atoms with Gasteiger partial charge in [0, 0.05) is 12.0 Å². The molecule has 112 valence electrons. The highest BCUT2D eigenvalue weighted by molar-refractivity contribution is 6.28. The van der Waals surface area contributed by atoms with E-state index in [-0.39, 0.29) is 17.4 Å². The molecule has 0 fully saturated rings. The Balaban J connectivity index is 2.93. The van der Waals surface area contributed by atoms with Crippen LogP contribution in [0.4, 0.5) is 17.1 Å². The average Bonchev–Trinajstić information content (AvgIpc) is 2.45. The van der Waals surface area contributed by atoms with Crippen molar-refractivity contribution >= 4 is 29.1 Å². The van der Waals surface area contributed by atoms with E-state index >= 15 is 0 Å². The van der Waals surface area contributed by atoms with Crippen LogP contribution in [-0.2, 0) is 4.79 Å². The number of non-ortho nitro benzene ring substituents is 1. The number of hydrogen-bond acceptors (Lipinski definition) is 7. The van der Waals surface area contributed by atoms with Gasteiger partial charge in [0.15, 0.2) is 5.78 Å². The molecule has 21 heavy (non-hydrogen) atoms. The number of nitrogens with zero attached hydrogens (tertiary/aromatic N) is 3. The summed E-state index contributed by atoms with van der Waals surface area (Å²) in [7, 11) is 0. The number of Topliss-reactive ketones (excluding diaryl/α,β-unsaturated/α-hetero) is 1. The Hall–Kier alpha value is -2.84. The minimum Gasteiger partial charge on any atom is -0.293 e. The maximum atomic E-state index is 11.5. The molecule has 1 N–H and O–H groups in total. The number of nitrogens with one attached hydrogen (secondary N) is 1. The van der Waals surface area contributed by atoms with Crippen molar-refractivity contribution in [2.24, 2.45) is 11.0 Å². The molecule has 0 aromatic heterocycles. The second-order valence-electron chi connectivity index (χ2n) is 4.30. The molecule has 0 heterocycles. The van der Waals surface area contributed by atoms with Gasteiger partial charge in [-0.1, -0.05) is 13.8 Å². The molecule has 1 aromatic rings. The summed E-state index contributed by atoms with van der Waals surface area (Å²) in [5.41, 5.74) is 1.44. The molecule has 9 heteroatoms. The highest BCUT2D eigenvalue weighted by atomic mass is 16.6. The Kier molecular flexibility index (Phi) is 5.47. The van der Waals surface area contributed by atoms with E-state index in [1.165, 1.54) is 6.07 Å². The van der Waals surface area contributed by atoms with E-state index in [1.807, 2.05) is 6.92 Å². The lowest BCUT2D eigenvalue weighted by molar-refractivity contribution is -0.393. The first-order valence-corrected chi connectivity index (χ1v) is 6.12. The first-order chi connectivity index (χ1) is 9.86. The molecule has 0 amide bonds. The van der Waals surface area contributed by atoms with Gasteiger partial charge in [0.25, 0.3) is 5.69 Å². The van der Waals surface area contributed by atoms with Crippen LogP contribution < -0.4 is 5.43 Å². The third-order valence-corrected chi connectivity index (χ3v) is 2.86. The van der Waals surface area contributed by atoms with Gasteiger partial charge in [0.05, 0.1) is 22.1 Å². The number of carbonyl (C=O) groups excluding carboxylic acids is 1. The number of nitro groups is 2. The third kappa shape index (κ3) is 4.34. The summed E-state index contributed by atoms with van der Waals surface area (Å²) in [6, 6.07) is 3.11. The number of nitro benzene ring substituents is 2. The number of anilines is 1. The Labute approximate surface area is 120 Å². The van der Waals surface area contributed by atoms with Crippen LogP contribution in [-0.4, -0.2) is 21.8 Å². The lowest BCUT2D eigenvalue weighted by Crippen LogP contribution is -2.11. The van der Waals surface area contributed by atoms with E-state index in [0.717, 1.165) is 18.3 Å². The molecule has 0 saturated carbocycles. The maximum absolute atomic E-state index is 11.5. The fraction of sp³-hybridized carbons (Fsp3) is 0.333. The summed E-state index contributed by atoms with van der Waals surface area (Å²) in [5, 5.41) is 25.1. The smallest absolute Gasteiger partial charge is 0.293 e. The van der Waals surface area contributed by atoms with Gasteiger partial charge in [-0.3, -0.25) is 30.4 Å². The predicted molar refractivity (Wildman–Crippen MR) is 76.3 cm³/mol. The monoisotopic (exact) mass is 294 g/mol. The van der Waals surface area contributed by atoms with Crippen molar-refractivity contribution in [3.8, 4) is 0 Å². The molecule has 0 bridgehead atoms. The van der Waals surface area contributed by atoms with Crippen LogP contribution in [0.25, 0.3) is 0 Å². The normalized spacial score (nSPS) is 12.1. The molecule has 0 spiro atoms. The number of benzene rings is 1. The maximum Gasteiger partial charge on any atom is 0.301 e. The minimum atomic E-state index is -0.763. The largest absolute Gasteiger partial charge is 0.301 e. The van der Waals surface area contributed by atoms with Gasteiger partial charge in [0.2, 0.25) is 0 Å². The topological polar surface area (TPSA) is 128 Å². The van der Waals surface area contributed by atoms with Crippen molar-refractivity contribution in [1.82, 2.24) is 0 Å². The van der Waals surface area contributed by atoms with Gasteiger partial charge in [0.1, 0.15) is 5.69 Å². The van der Waals surface area contributed by atoms with Gasteiger partial charge in [-0.05, 0) is 12.5 Å². The Morgan fingerprint density at radius 1 is 1.38 bits per heavy atom. The summed E-state index contributed by atoms with van der Waals surface area (Å²) in [6.07, 6.45) is 1.70. The van der Waals surface area contributed by atoms with Gasteiger partial charge >= 0.3 is 5.69 Å². The summed E-state index contributed by atoms with van der Waals surface area (Å²) in [4.78, 5) is 31.5. The summed E-state index contributed by atoms with van der Waals surface area (Å²) < 4.78 is 0. The number of ketones is 1. The quantitative estimate of drug-likeness (QED) is 0.467.